The molecular formula is C25H23F3N6O2. The second-order valence-electron chi connectivity index (χ2n) is 8.49. The summed E-state index contributed by atoms with van der Waals surface area (Å²) in [6, 6.07) is 8.86. The lowest BCUT2D eigenvalue weighted by molar-refractivity contribution is -0.148. The summed E-state index contributed by atoms with van der Waals surface area (Å²) in [6.07, 6.45) is 1.08. The zero-order chi connectivity index (χ0) is 25.4. The first-order chi connectivity index (χ1) is 17.4. The SMILES string of the molecule is CCOC(=O)C1CCN(c2nc(-c3ccc(F)cc3F)c3c(N)n(-c4cccc(F)c4)nc3n2)CC1. The van der Waals surface area contributed by atoms with E-state index in [9.17, 15) is 18.0 Å². The molecule has 3 heterocycles. The van der Waals surface area contributed by atoms with Crippen LogP contribution in [0.5, 0.6) is 0 Å². The van der Waals surface area contributed by atoms with E-state index in [0.717, 1.165) is 12.1 Å². The minimum absolute atomic E-state index is 0.0250. The van der Waals surface area contributed by atoms with E-state index in [0.29, 0.717) is 38.2 Å². The average Bonchev–Trinajstić information content (AvgIpc) is 3.20. The predicted octanol–water partition coefficient (Wildman–Crippen LogP) is 4.26. The molecule has 1 aliphatic heterocycles. The number of piperidine rings is 1. The van der Waals surface area contributed by atoms with E-state index in [1.54, 1.807) is 13.0 Å². The molecule has 5 rings (SSSR count). The highest BCUT2D eigenvalue weighted by molar-refractivity contribution is 5.99. The van der Waals surface area contributed by atoms with Gasteiger partial charge in [-0.05, 0) is 50.1 Å². The van der Waals surface area contributed by atoms with Crippen molar-refractivity contribution in [2.45, 2.75) is 19.8 Å². The Morgan fingerprint density at radius 1 is 1.08 bits per heavy atom. The van der Waals surface area contributed by atoms with Crippen molar-refractivity contribution in [3.63, 3.8) is 0 Å². The Bertz CT molecular complexity index is 1450. The third-order valence-corrected chi connectivity index (χ3v) is 6.19. The Morgan fingerprint density at radius 2 is 1.83 bits per heavy atom. The maximum Gasteiger partial charge on any atom is 0.309 e. The third kappa shape index (κ3) is 4.32. The lowest BCUT2D eigenvalue weighted by atomic mass is 9.97. The number of hydrogen-bond acceptors (Lipinski definition) is 7. The average molecular weight is 496 g/mol. The summed E-state index contributed by atoms with van der Waals surface area (Å²) in [6.45, 7) is 3.03. The number of hydrogen-bond donors (Lipinski definition) is 1. The Hall–Kier alpha value is -4.15. The molecular weight excluding hydrogens is 473 g/mol. The van der Waals surface area contributed by atoms with Crippen LogP contribution in [0.3, 0.4) is 0 Å². The second kappa shape index (κ2) is 9.48. The zero-order valence-electron chi connectivity index (χ0n) is 19.4. The summed E-state index contributed by atoms with van der Waals surface area (Å²) < 4.78 is 48.9. The second-order valence-corrected chi connectivity index (χ2v) is 8.49. The molecule has 0 aliphatic carbocycles. The van der Waals surface area contributed by atoms with Gasteiger partial charge in [0.1, 0.15) is 23.3 Å². The molecule has 11 heteroatoms. The van der Waals surface area contributed by atoms with Crippen LogP contribution >= 0.6 is 0 Å². The lowest BCUT2D eigenvalue weighted by Gasteiger charge is -2.31. The molecule has 0 atom stereocenters. The fourth-order valence-electron chi connectivity index (χ4n) is 4.40. The molecule has 0 unspecified atom stereocenters. The Balaban J connectivity index is 1.62. The van der Waals surface area contributed by atoms with Gasteiger partial charge in [-0.1, -0.05) is 6.07 Å². The third-order valence-electron chi connectivity index (χ3n) is 6.19. The number of nitrogens with zero attached hydrogens (tertiary/aromatic N) is 5. The zero-order valence-corrected chi connectivity index (χ0v) is 19.4. The number of anilines is 2. The molecule has 0 amide bonds. The Kier molecular flexibility index (Phi) is 6.21. The highest BCUT2D eigenvalue weighted by atomic mass is 19.1. The van der Waals surface area contributed by atoms with Gasteiger partial charge in [-0.3, -0.25) is 4.79 Å². The van der Waals surface area contributed by atoms with Crippen molar-refractivity contribution in [3.05, 3.63) is 59.9 Å². The Morgan fingerprint density at radius 3 is 2.53 bits per heavy atom. The normalized spacial score (nSPS) is 14.4. The number of nitrogens with two attached hydrogens (primary N) is 1. The topological polar surface area (TPSA) is 99.2 Å². The summed E-state index contributed by atoms with van der Waals surface area (Å²) >= 11 is 0. The molecule has 8 nitrogen and oxygen atoms in total. The van der Waals surface area contributed by atoms with Gasteiger partial charge in [-0.15, -0.1) is 5.10 Å². The van der Waals surface area contributed by atoms with Crippen molar-refractivity contribution >= 4 is 28.8 Å². The van der Waals surface area contributed by atoms with Gasteiger partial charge in [0.2, 0.25) is 5.95 Å². The number of benzene rings is 2. The fourth-order valence-corrected chi connectivity index (χ4v) is 4.40. The van der Waals surface area contributed by atoms with E-state index >= 15 is 0 Å². The minimum Gasteiger partial charge on any atom is -0.466 e. The van der Waals surface area contributed by atoms with Gasteiger partial charge in [0.25, 0.3) is 0 Å². The van der Waals surface area contributed by atoms with Crippen molar-refractivity contribution in [3.8, 4) is 16.9 Å². The molecule has 2 aromatic carbocycles. The van der Waals surface area contributed by atoms with Gasteiger partial charge in [-0.2, -0.15) is 4.98 Å². The first-order valence-corrected chi connectivity index (χ1v) is 11.5. The molecule has 0 saturated carbocycles. The lowest BCUT2D eigenvalue weighted by Crippen LogP contribution is -2.38. The molecule has 36 heavy (non-hydrogen) atoms. The molecule has 0 spiro atoms. The number of carbonyl (C=O) groups is 1. The van der Waals surface area contributed by atoms with Crippen LogP contribution in [0.25, 0.3) is 28.0 Å². The molecule has 1 saturated heterocycles. The van der Waals surface area contributed by atoms with E-state index in [4.69, 9.17) is 10.5 Å². The van der Waals surface area contributed by atoms with Crippen LogP contribution in [0.15, 0.2) is 42.5 Å². The number of fused-ring (bicyclic) bond motifs is 1. The van der Waals surface area contributed by atoms with Crippen molar-refractivity contribution < 1.29 is 22.7 Å². The summed E-state index contributed by atoms with van der Waals surface area (Å²) in [5, 5.41) is 4.72. The molecule has 0 bridgehead atoms. The van der Waals surface area contributed by atoms with E-state index in [2.05, 4.69) is 15.1 Å². The van der Waals surface area contributed by atoms with Crippen LogP contribution in [0.2, 0.25) is 0 Å². The highest BCUT2D eigenvalue weighted by Crippen LogP contribution is 2.35. The van der Waals surface area contributed by atoms with Gasteiger partial charge < -0.3 is 15.4 Å². The molecule has 0 radical (unpaired) electrons. The smallest absolute Gasteiger partial charge is 0.309 e. The quantitative estimate of drug-likeness (QED) is 0.412. The largest absolute Gasteiger partial charge is 0.466 e. The number of rotatable bonds is 5. The molecule has 1 aliphatic rings. The number of ether oxygens (including phenoxy) is 1. The van der Waals surface area contributed by atoms with Crippen molar-refractivity contribution in [1.29, 1.82) is 0 Å². The summed E-state index contributed by atoms with van der Waals surface area (Å²) in [4.78, 5) is 23.2. The van der Waals surface area contributed by atoms with Crippen LogP contribution < -0.4 is 10.6 Å². The van der Waals surface area contributed by atoms with Crippen LogP contribution in [-0.2, 0) is 9.53 Å². The molecule has 2 N–H and O–H groups in total. The van der Waals surface area contributed by atoms with Gasteiger partial charge in [-0.25, -0.2) is 22.8 Å². The first-order valence-electron chi connectivity index (χ1n) is 11.5. The van der Waals surface area contributed by atoms with Gasteiger partial charge in [0.15, 0.2) is 5.65 Å². The summed E-state index contributed by atoms with van der Waals surface area (Å²) in [5.74, 6) is -2.13. The molecule has 186 valence electrons. The minimum atomic E-state index is -0.820. The van der Waals surface area contributed by atoms with Gasteiger partial charge in [0, 0.05) is 24.7 Å². The van der Waals surface area contributed by atoms with Crippen molar-refractivity contribution in [1.82, 2.24) is 19.7 Å². The maximum absolute atomic E-state index is 14.9. The van der Waals surface area contributed by atoms with Crippen LogP contribution in [0.1, 0.15) is 19.8 Å². The number of aromatic nitrogens is 4. The first kappa shape index (κ1) is 23.6. The van der Waals surface area contributed by atoms with Crippen LogP contribution in [0.4, 0.5) is 24.9 Å². The maximum atomic E-state index is 14.9. The van der Waals surface area contributed by atoms with Crippen molar-refractivity contribution in [2.75, 3.05) is 30.3 Å². The van der Waals surface area contributed by atoms with Crippen molar-refractivity contribution in [2.24, 2.45) is 5.92 Å². The predicted molar refractivity (Wildman–Crippen MR) is 128 cm³/mol. The molecule has 2 aromatic heterocycles. The highest BCUT2D eigenvalue weighted by Gasteiger charge is 2.29. The van der Waals surface area contributed by atoms with Crippen LogP contribution in [0, 0.1) is 23.4 Å². The van der Waals surface area contributed by atoms with E-state index < -0.39 is 17.5 Å². The summed E-state index contributed by atoms with van der Waals surface area (Å²) in [5.41, 5.74) is 7.08. The molecule has 4 aromatic rings. The number of halogens is 3. The standard InChI is InChI=1S/C25H23F3N6O2/c1-2-36-24(35)14-8-10-33(11-9-14)25-30-21(18-7-6-16(27)13-19(18)28)20-22(29)34(32-23(20)31-25)17-5-3-4-15(26)12-17/h3-7,12-14H,2,8-11,29H2,1H3. The fraction of sp³-hybridized carbons (Fsp3) is 0.280. The van der Waals surface area contributed by atoms with Gasteiger partial charge >= 0.3 is 5.97 Å². The van der Waals surface area contributed by atoms with Gasteiger partial charge in [0.05, 0.1) is 29.3 Å². The van der Waals surface area contributed by atoms with Crippen LogP contribution in [-0.4, -0.2) is 45.4 Å². The number of carbonyl (C=O) groups excluding carboxylic acids is 1. The molecule has 1 fully saturated rings. The van der Waals surface area contributed by atoms with E-state index in [1.807, 2.05) is 4.90 Å². The van der Waals surface area contributed by atoms with E-state index in [-0.39, 0.29) is 45.9 Å². The number of esters is 1. The van der Waals surface area contributed by atoms with E-state index in [1.165, 1.54) is 28.9 Å². The Labute approximate surface area is 204 Å². The summed E-state index contributed by atoms with van der Waals surface area (Å²) in [7, 11) is 0. The monoisotopic (exact) mass is 496 g/mol. The number of nitrogen functional groups attached to an aromatic ring is 1.